The number of piperidine rings is 1. The molecule has 1 saturated heterocycles. The van der Waals surface area contributed by atoms with Gasteiger partial charge in [-0.15, -0.1) is 0 Å². The number of fused-ring (bicyclic) bond motifs is 1. The first-order valence-corrected chi connectivity index (χ1v) is 8.70. The maximum Gasteiger partial charge on any atom is 0.266 e. The van der Waals surface area contributed by atoms with Crippen LogP contribution in [-0.2, 0) is 9.59 Å². The molecule has 2 aliphatic rings. The maximum atomic E-state index is 13.8. The number of carbonyl (C=O) groups is 2. The van der Waals surface area contributed by atoms with Crippen LogP contribution in [0.4, 0.5) is 8.78 Å². The lowest BCUT2D eigenvalue weighted by Gasteiger charge is -2.38. The number of hydrogen-bond donors (Lipinski definition) is 3. The molecular weight excluding hydrogens is 342 g/mol. The van der Waals surface area contributed by atoms with Gasteiger partial charge in [0.05, 0.1) is 24.5 Å². The van der Waals surface area contributed by atoms with Crippen LogP contribution in [0, 0.1) is 11.6 Å². The summed E-state index contributed by atoms with van der Waals surface area (Å²) in [5.74, 6) is -2.18. The van der Waals surface area contributed by atoms with Gasteiger partial charge in [-0.1, -0.05) is 6.07 Å². The zero-order valence-electron chi connectivity index (χ0n) is 14.7. The molecule has 4 atom stereocenters. The highest BCUT2D eigenvalue weighted by Gasteiger charge is 2.36. The Balaban J connectivity index is 1.66. The Labute approximate surface area is 150 Å². The summed E-state index contributed by atoms with van der Waals surface area (Å²) in [5, 5.41) is 8.85. The molecule has 0 bridgehead atoms. The van der Waals surface area contributed by atoms with Crippen molar-refractivity contribution < 1.29 is 18.4 Å². The molecule has 0 saturated carbocycles. The zero-order chi connectivity index (χ0) is 18.8. The van der Waals surface area contributed by atoms with Crippen LogP contribution in [0.3, 0.4) is 0 Å². The number of rotatable bonds is 4. The molecule has 1 fully saturated rings. The number of hydrogen-bond acceptors (Lipinski definition) is 4. The van der Waals surface area contributed by atoms with Gasteiger partial charge >= 0.3 is 0 Å². The van der Waals surface area contributed by atoms with Crippen molar-refractivity contribution in [3.8, 4) is 0 Å². The molecular formula is C18H22F2N4O2. The van der Waals surface area contributed by atoms with Crippen molar-refractivity contribution in [2.45, 2.75) is 50.9 Å². The summed E-state index contributed by atoms with van der Waals surface area (Å²) in [5.41, 5.74) is 0.353. The van der Waals surface area contributed by atoms with Crippen molar-refractivity contribution in [1.29, 1.82) is 0 Å². The van der Waals surface area contributed by atoms with E-state index in [9.17, 15) is 18.4 Å². The van der Waals surface area contributed by atoms with E-state index in [0.29, 0.717) is 0 Å². The van der Waals surface area contributed by atoms with Gasteiger partial charge in [-0.05, 0) is 32.9 Å². The molecule has 2 amide bonds. The second-order valence-electron chi connectivity index (χ2n) is 6.81. The Kier molecular flexibility index (Phi) is 5.31. The van der Waals surface area contributed by atoms with Crippen LogP contribution < -0.4 is 16.0 Å². The first kappa shape index (κ1) is 18.4. The first-order chi connectivity index (χ1) is 12.3. The van der Waals surface area contributed by atoms with Crippen LogP contribution in [0.15, 0.2) is 23.2 Å². The molecule has 2 heterocycles. The van der Waals surface area contributed by atoms with Crippen LogP contribution in [-0.4, -0.2) is 42.2 Å². The summed E-state index contributed by atoms with van der Waals surface area (Å²) in [6.07, 6.45) is 0.611. The van der Waals surface area contributed by atoms with Gasteiger partial charge in [0, 0.05) is 17.7 Å². The van der Waals surface area contributed by atoms with E-state index in [0.717, 1.165) is 25.1 Å². The van der Waals surface area contributed by atoms with Gasteiger partial charge < -0.3 is 16.0 Å². The molecule has 26 heavy (non-hydrogen) atoms. The Morgan fingerprint density at radius 2 is 2.19 bits per heavy atom. The molecule has 0 radical (unpaired) electrons. The highest BCUT2D eigenvalue weighted by Crippen LogP contribution is 2.20. The summed E-state index contributed by atoms with van der Waals surface area (Å²) in [6.45, 7) is 4.41. The first-order valence-electron chi connectivity index (χ1n) is 8.70. The number of amides is 2. The molecule has 3 unspecified atom stereocenters. The average molecular weight is 364 g/mol. The van der Waals surface area contributed by atoms with E-state index in [1.165, 1.54) is 6.07 Å². The van der Waals surface area contributed by atoms with E-state index >= 15 is 0 Å². The summed E-state index contributed by atoms with van der Waals surface area (Å²) < 4.78 is 26.8. The van der Waals surface area contributed by atoms with Crippen LogP contribution >= 0.6 is 0 Å². The van der Waals surface area contributed by atoms with Crippen molar-refractivity contribution in [2.75, 3.05) is 6.54 Å². The third-order valence-electron chi connectivity index (χ3n) is 4.86. The Morgan fingerprint density at radius 1 is 1.42 bits per heavy atom. The van der Waals surface area contributed by atoms with E-state index < -0.39 is 23.6 Å². The minimum Gasteiger partial charge on any atom is -0.349 e. The fraction of sp³-hybridized carbons (Fsp3) is 0.500. The van der Waals surface area contributed by atoms with Gasteiger partial charge in [0.15, 0.2) is 0 Å². The topological polar surface area (TPSA) is 82.6 Å². The molecule has 8 heteroatoms. The molecule has 6 nitrogen and oxygen atoms in total. The third kappa shape index (κ3) is 3.90. The second-order valence-corrected chi connectivity index (χ2v) is 6.81. The van der Waals surface area contributed by atoms with Gasteiger partial charge in [0.25, 0.3) is 5.91 Å². The van der Waals surface area contributed by atoms with Crippen molar-refractivity contribution in [3.05, 3.63) is 35.4 Å². The quantitative estimate of drug-likeness (QED) is 0.751. The third-order valence-corrected chi connectivity index (χ3v) is 4.86. The van der Waals surface area contributed by atoms with Gasteiger partial charge in [0.2, 0.25) is 5.91 Å². The van der Waals surface area contributed by atoms with Crippen molar-refractivity contribution in [2.24, 2.45) is 4.99 Å². The number of benzene rings is 1. The largest absolute Gasteiger partial charge is 0.349 e. The minimum absolute atomic E-state index is 0.0159. The van der Waals surface area contributed by atoms with Crippen molar-refractivity contribution in [3.63, 3.8) is 0 Å². The van der Waals surface area contributed by atoms with E-state index in [1.54, 1.807) is 6.92 Å². The van der Waals surface area contributed by atoms with Gasteiger partial charge in [-0.25, -0.2) is 8.78 Å². The van der Waals surface area contributed by atoms with Gasteiger partial charge in [-0.3, -0.25) is 14.6 Å². The summed E-state index contributed by atoms with van der Waals surface area (Å²) in [4.78, 5) is 28.9. The van der Waals surface area contributed by atoms with Crippen LogP contribution in [0.25, 0.3) is 0 Å². The van der Waals surface area contributed by atoms with E-state index in [2.05, 4.69) is 20.9 Å². The number of carbonyl (C=O) groups excluding carboxylic acids is 2. The van der Waals surface area contributed by atoms with Crippen LogP contribution in [0.5, 0.6) is 0 Å². The van der Waals surface area contributed by atoms with E-state index in [1.807, 2.05) is 6.92 Å². The summed E-state index contributed by atoms with van der Waals surface area (Å²) in [6, 6.07) is 2.54. The SMILES string of the molecule is CC1NCCC2NC(=O)C(CC(=O)N[C@@H](C)c3ccc(F)cc3F)=NC12. The monoisotopic (exact) mass is 364 g/mol. The lowest BCUT2D eigenvalue weighted by Crippen LogP contribution is -2.60. The van der Waals surface area contributed by atoms with E-state index in [4.69, 9.17) is 0 Å². The van der Waals surface area contributed by atoms with Crippen LogP contribution in [0.1, 0.15) is 38.3 Å². The zero-order valence-corrected chi connectivity index (χ0v) is 14.7. The average Bonchev–Trinajstić information content (AvgIpc) is 2.56. The molecule has 1 aromatic rings. The minimum atomic E-state index is -0.726. The summed E-state index contributed by atoms with van der Waals surface area (Å²) in [7, 11) is 0. The molecule has 140 valence electrons. The number of nitrogens with one attached hydrogen (secondary N) is 3. The van der Waals surface area contributed by atoms with Crippen molar-refractivity contribution >= 4 is 17.5 Å². The smallest absolute Gasteiger partial charge is 0.266 e. The maximum absolute atomic E-state index is 13.8. The number of aliphatic imine (C=N–C) groups is 1. The number of halogens is 2. The van der Waals surface area contributed by atoms with Gasteiger partial charge in [0.1, 0.15) is 17.3 Å². The standard InChI is InChI=1S/C18H22F2N4O2/c1-9(12-4-3-11(19)7-13(12)20)22-16(25)8-15-18(26)24-14-5-6-21-10(2)17(14)23-15/h3-4,7,9-10,14,17,21H,5-6,8H2,1-2H3,(H,22,25)(H,24,26)/t9-,10?,14?,17?/m0/s1. The highest BCUT2D eigenvalue weighted by molar-refractivity contribution is 6.42. The predicted molar refractivity (Wildman–Crippen MR) is 92.8 cm³/mol. The molecule has 2 aliphatic heterocycles. The molecule has 3 N–H and O–H groups in total. The predicted octanol–water partition coefficient (Wildman–Crippen LogP) is 1.22. The van der Waals surface area contributed by atoms with E-state index in [-0.39, 0.29) is 41.7 Å². The number of nitrogens with zero attached hydrogens (tertiary/aromatic N) is 1. The van der Waals surface area contributed by atoms with Gasteiger partial charge in [-0.2, -0.15) is 0 Å². The second kappa shape index (κ2) is 7.49. The fourth-order valence-electron chi connectivity index (χ4n) is 3.46. The lowest BCUT2D eigenvalue weighted by atomic mass is 9.92. The Bertz CT molecular complexity index is 753. The Morgan fingerprint density at radius 3 is 2.92 bits per heavy atom. The molecule has 0 aromatic heterocycles. The van der Waals surface area contributed by atoms with Crippen LogP contribution in [0.2, 0.25) is 0 Å². The molecule has 1 aromatic carbocycles. The normalized spacial score (nSPS) is 26.4. The summed E-state index contributed by atoms with van der Waals surface area (Å²) >= 11 is 0. The lowest BCUT2D eigenvalue weighted by molar-refractivity contribution is -0.122. The molecule has 3 rings (SSSR count). The molecule has 0 spiro atoms. The van der Waals surface area contributed by atoms with Crippen molar-refractivity contribution in [1.82, 2.24) is 16.0 Å². The fourth-order valence-corrected chi connectivity index (χ4v) is 3.46. The Hall–Kier alpha value is -2.35. The highest BCUT2D eigenvalue weighted by atomic mass is 19.1. The molecule has 0 aliphatic carbocycles.